The average molecular weight is 561 g/mol. The second kappa shape index (κ2) is 12.8. The number of hydrogen-bond donors (Lipinski definition) is 1. The summed E-state index contributed by atoms with van der Waals surface area (Å²) in [6.45, 7) is 0.0403. The maximum Gasteiger partial charge on any atom is 0.264 e. The van der Waals surface area contributed by atoms with Crippen LogP contribution in [0.5, 0.6) is 5.75 Å². The molecule has 4 aromatic rings. The lowest BCUT2D eigenvalue weighted by Gasteiger charge is -2.32. The molecule has 0 fully saturated rings. The van der Waals surface area contributed by atoms with E-state index in [-0.39, 0.29) is 30.1 Å². The third kappa shape index (κ3) is 7.51. The summed E-state index contributed by atoms with van der Waals surface area (Å²) < 4.78 is 14.5. The number of amides is 1. The number of halogens is 2. The molecular formula is C30H26BrFN2O3. The third-order valence-electron chi connectivity index (χ3n) is 5.86. The zero-order valence-electron chi connectivity index (χ0n) is 20.0. The number of oxime groups is 1. The molecule has 0 heterocycles. The van der Waals surface area contributed by atoms with Crippen LogP contribution in [0.25, 0.3) is 0 Å². The van der Waals surface area contributed by atoms with Crippen LogP contribution in [-0.4, -0.2) is 28.7 Å². The predicted molar refractivity (Wildman–Crippen MR) is 146 cm³/mol. The number of nitrogens with zero attached hydrogens (tertiary/aromatic N) is 2. The van der Waals surface area contributed by atoms with E-state index >= 15 is 0 Å². The summed E-state index contributed by atoms with van der Waals surface area (Å²) in [5.74, 6) is -0.562. The largest absolute Gasteiger partial charge is 0.507 e. The summed E-state index contributed by atoms with van der Waals surface area (Å²) in [6.07, 6.45) is 1.90. The van der Waals surface area contributed by atoms with Crippen LogP contribution in [0.1, 0.15) is 28.3 Å². The summed E-state index contributed by atoms with van der Waals surface area (Å²) in [7, 11) is 0. The van der Waals surface area contributed by atoms with Crippen molar-refractivity contribution in [2.75, 3.05) is 6.61 Å². The average Bonchev–Trinajstić information content (AvgIpc) is 2.92. The Labute approximate surface area is 224 Å². The molecule has 0 aromatic heterocycles. The van der Waals surface area contributed by atoms with Crippen LogP contribution in [0.4, 0.5) is 4.39 Å². The van der Waals surface area contributed by atoms with Gasteiger partial charge in [-0.05, 0) is 53.4 Å². The van der Waals surface area contributed by atoms with Crippen molar-refractivity contribution in [1.82, 2.24) is 4.90 Å². The zero-order chi connectivity index (χ0) is 26.0. The van der Waals surface area contributed by atoms with E-state index in [0.717, 1.165) is 21.2 Å². The van der Waals surface area contributed by atoms with Gasteiger partial charge in [0.1, 0.15) is 11.6 Å². The van der Waals surface area contributed by atoms with Crippen LogP contribution in [0, 0.1) is 5.82 Å². The van der Waals surface area contributed by atoms with Gasteiger partial charge in [0.15, 0.2) is 6.61 Å². The van der Waals surface area contributed by atoms with Crippen molar-refractivity contribution in [2.24, 2.45) is 5.16 Å². The Morgan fingerprint density at radius 3 is 2.27 bits per heavy atom. The van der Waals surface area contributed by atoms with Crippen LogP contribution < -0.4 is 0 Å². The molecule has 7 heteroatoms. The van der Waals surface area contributed by atoms with Crippen molar-refractivity contribution in [3.63, 3.8) is 0 Å². The molecule has 0 aliphatic rings. The summed E-state index contributed by atoms with van der Waals surface area (Å²) in [6, 6.07) is 30.4. The van der Waals surface area contributed by atoms with Crippen molar-refractivity contribution < 1.29 is 19.1 Å². The maximum atomic E-state index is 13.7. The van der Waals surface area contributed by atoms with Gasteiger partial charge in [0, 0.05) is 16.6 Å². The molecule has 4 rings (SSSR count). The molecule has 0 radical (unpaired) electrons. The highest BCUT2D eigenvalue weighted by molar-refractivity contribution is 9.10. The van der Waals surface area contributed by atoms with Crippen LogP contribution in [-0.2, 0) is 22.6 Å². The number of phenolic OH excluding ortho intramolecular Hbond substituents is 1. The SMILES string of the molecule is O=C(CO/N=C/c1cc(Br)ccc1O)N(Cc1ccccc1)C(Cc1ccccc1)c1ccc(F)cc1. The molecule has 0 aliphatic carbocycles. The number of hydrogen-bond acceptors (Lipinski definition) is 4. The number of carbonyl (C=O) groups excluding carboxylic acids is 1. The Bertz CT molecular complexity index is 1330. The van der Waals surface area contributed by atoms with E-state index in [9.17, 15) is 14.3 Å². The van der Waals surface area contributed by atoms with Crippen molar-refractivity contribution in [3.05, 3.63) is 136 Å². The lowest BCUT2D eigenvalue weighted by Crippen LogP contribution is -2.37. The first-order valence-electron chi connectivity index (χ1n) is 11.8. The Balaban J connectivity index is 1.59. The number of rotatable bonds is 10. The second-order valence-electron chi connectivity index (χ2n) is 8.48. The number of benzene rings is 4. The minimum Gasteiger partial charge on any atom is -0.507 e. The first-order chi connectivity index (χ1) is 18.0. The van der Waals surface area contributed by atoms with Gasteiger partial charge in [-0.15, -0.1) is 0 Å². The fraction of sp³-hybridized carbons (Fsp3) is 0.133. The Morgan fingerprint density at radius 2 is 1.59 bits per heavy atom. The van der Waals surface area contributed by atoms with Gasteiger partial charge in [-0.3, -0.25) is 4.79 Å². The highest BCUT2D eigenvalue weighted by Crippen LogP contribution is 2.28. The predicted octanol–water partition coefficient (Wildman–Crippen LogP) is 6.66. The maximum absolute atomic E-state index is 13.7. The minimum atomic E-state index is -0.364. The zero-order valence-corrected chi connectivity index (χ0v) is 21.6. The minimum absolute atomic E-state index is 0.0480. The fourth-order valence-electron chi connectivity index (χ4n) is 3.98. The lowest BCUT2D eigenvalue weighted by molar-refractivity contribution is -0.139. The standard InChI is InChI=1S/C30H26BrFN2O3/c31-26-13-16-29(35)25(18-26)19-33-37-21-30(36)34(20-23-9-5-2-6-10-23)28(17-22-7-3-1-4-8-22)24-11-14-27(32)15-12-24/h1-16,18-19,28,35H,17,20-21H2/b33-19+. The molecule has 37 heavy (non-hydrogen) atoms. The summed E-state index contributed by atoms with van der Waals surface area (Å²) >= 11 is 3.35. The van der Waals surface area contributed by atoms with Gasteiger partial charge in [0.25, 0.3) is 5.91 Å². The second-order valence-corrected chi connectivity index (χ2v) is 9.39. The number of phenols is 1. The molecule has 0 saturated heterocycles. The molecule has 5 nitrogen and oxygen atoms in total. The molecule has 188 valence electrons. The van der Waals surface area contributed by atoms with E-state index in [4.69, 9.17) is 4.84 Å². The molecular weight excluding hydrogens is 535 g/mol. The topological polar surface area (TPSA) is 62.1 Å². The number of aromatic hydroxyl groups is 1. The highest BCUT2D eigenvalue weighted by Gasteiger charge is 2.26. The van der Waals surface area contributed by atoms with Crippen LogP contribution in [0.2, 0.25) is 0 Å². The molecule has 1 unspecified atom stereocenters. The first kappa shape index (κ1) is 26.1. The lowest BCUT2D eigenvalue weighted by atomic mass is 9.96. The van der Waals surface area contributed by atoms with Gasteiger partial charge in [-0.1, -0.05) is 93.9 Å². The molecule has 1 N–H and O–H groups in total. The third-order valence-corrected chi connectivity index (χ3v) is 6.36. The van der Waals surface area contributed by atoms with Gasteiger partial charge in [0.2, 0.25) is 0 Å². The van der Waals surface area contributed by atoms with Crippen molar-refractivity contribution in [2.45, 2.75) is 19.0 Å². The summed E-state index contributed by atoms with van der Waals surface area (Å²) in [4.78, 5) is 20.6. The molecule has 0 bridgehead atoms. The van der Waals surface area contributed by atoms with E-state index in [1.165, 1.54) is 24.4 Å². The quantitative estimate of drug-likeness (QED) is 0.174. The van der Waals surface area contributed by atoms with Gasteiger partial charge >= 0.3 is 0 Å². The van der Waals surface area contributed by atoms with Gasteiger partial charge < -0.3 is 14.8 Å². The normalized spacial score (nSPS) is 11.8. The summed E-state index contributed by atoms with van der Waals surface area (Å²) in [5, 5.41) is 13.9. The Hall–Kier alpha value is -3.97. The Kier molecular flexibility index (Phi) is 9.05. The van der Waals surface area contributed by atoms with Crippen LogP contribution in [0.15, 0.2) is 113 Å². The van der Waals surface area contributed by atoms with Crippen molar-refractivity contribution in [1.29, 1.82) is 0 Å². The molecule has 4 aromatic carbocycles. The van der Waals surface area contributed by atoms with Crippen LogP contribution in [0.3, 0.4) is 0 Å². The van der Waals surface area contributed by atoms with E-state index in [0.29, 0.717) is 18.5 Å². The first-order valence-corrected chi connectivity index (χ1v) is 12.6. The Morgan fingerprint density at radius 1 is 0.946 bits per heavy atom. The van der Waals surface area contributed by atoms with E-state index in [1.807, 2.05) is 60.7 Å². The molecule has 0 aliphatic heterocycles. The molecule has 0 saturated carbocycles. The van der Waals surface area contributed by atoms with E-state index in [1.54, 1.807) is 29.2 Å². The molecule has 1 amide bonds. The number of carbonyl (C=O) groups is 1. The molecule has 1 atom stereocenters. The van der Waals surface area contributed by atoms with Gasteiger partial charge in [-0.2, -0.15) is 0 Å². The smallest absolute Gasteiger partial charge is 0.264 e. The highest BCUT2D eigenvalue weighted by atomic mass is 79.9. The van der Waals surface area contributed by atoms with Gasteiger partial charge in [-0.25, -0.2) is 4.39 Å². The van der Waals surface area contributed by atoms with Crippen molar-refractivity contribution >= 4 is 28.1 Å². The summed E-state index contributed by atoms with van der Waals surface area (Å²) in [5.41, 5.74) is 3.28. The van der Waals surface area contributed by atoms with E-state index < -0.39 is 0 Å². The molecule has 0 spiro atoms. The van der Waals surface area contributed by atoms with E-state index in [2.05, 4.69) is 21.1 Å². The van der Waals surface area contributed by atoms with Gasteiger partial charge in [0.05, 0.1) is 12.3 Å². The monoisotopic (exact) mass is 560 g/mol. The van der Waals surface area contributed by atoms with Crippen molar-refractivity contribution in [3.8, 4) is 5.75 Å². The fourth-order valence-corrected chi connectivity index (χ4v) is 4.36. The van der Waals surface area contributed by atoms with Crippen LogP contribution >= 0.6 is 15.9 Å².